The molecule has 0 saturated heterocycles. The maximum absolute atomic E-state index is 13.0. The van der Waals surface area contributed by atoms with Crippen LogP contribution in [0, 0.1) is 5.82 Å². The molecule has 22 heavy (non-hydrogen) atoms. The fourth-order valence-corrected chi connectivity index (χ4v) is 1.54. The minimum atomic E-state index is -3.13. The summed E-state index contributed by atoms with van der Waals surface area (Å²) in [7, 11) is 1.57. The second kappa shape index (κ2) is 11.1. The third-order valence-electron chi connectivity index (χ3n) is 2.47. The number of alkyl halides is 2. The average Bonchev–Trinajstić information content (AvgIpc) is 2.42. The number of methoxy groups -OCH3 is 1. The monoisotopic (exact) mass is 342 g/mol. The van der Waals surface area contributed by atoms with Crippen molar-refractivity contribution in [1.82, 2.24) is 10.6 Å². The molecule has 2 N–H and O–H groups in total. The van der Waals surface area contributed by atoms with Crippen LogP contribution in [-0.4, -0.2) is 45.9 Å². The highest BCUT2D eigenvalue weighted by Crippen LogP contribution is 2.21. The fraction of sp³-hybridized carbons (Fsp3) is 0.462. The predicted molar refractivity (Wildman–Crippen MR) is 77.4 cm³/mol. The summed E-state index contributed by atoms with van der Waals surface area (Å²) in [6.07, 6.45) is 0. The molecule has 0 fully saturated rings. The van der Waals surface area contributed by atoms with Gasteiger partial charge < -0.3 is 20.1 Å². The quantitative estimate of drug-likeness (QED) is 0.672. The highest BCUT2D eigenvalue weighted by atomic mass is 35.5. The van der Waals surface area contributed by atoms with Gasteiger partial charge in [-0.25, -0.2) is 4.39 Å². The van der Waals surface area contributed by atoms with Crippen molar-refractivity contribution in [2.24, 2.45) is 0 Å². The normalized spacial score (nSPS) is 10.2. The maximum Gasteiger partial charge on any atom is 0.387 e. The second-order valence-corrected chi connectivity index (χ2v) is 4.02. The van der Waals surface area contributed by atoms with E-state index in [1.807, 2.05) is 0 Å². The number of nitrogens with one attached hydrogen (secondary N) is 2. The van der Waals surface area contributed by atoms with Crippen LogP contribution in [-0.2, 0) is 4.74 Å². The van der Waals surface area contributed by atoms with Gasteiger partial charge in [-0.15, -0.1) is 12.4 Å². The lowest BCUT2D eigenvalue weighted by atomic mass is 10.2. The van der Waals surface area contributed by atoms with Gasteiger partial charge in [0.1, 0.15) is 11.6 Å². The Labute approximate surface area is 132 Å². The van der Waals surface area contributed by atoms with E-state index in [1.54, 1.807) is 7.11 Å². The summed E-state index contributed by atoms with van der Waals surface area (Å²) in [5.41, 5.74) is -0.145. The van der Waals surface area contributed by atoms with Gasteiger partial charge in [0, 0.05) is 32.8 Å². The number of carbonyl (C=O) groups excluding carboxylic acids is 1. The zero-order valence-electron chi connectivity index (χ0n) is 11.9. The van der Waals surface area contributed by atoms with Crippen molar-refractivity contribution in [3.63, 3.8) is 0 Å². The Bertz CT molecular complexity index is 464. The number of hydrogen-bond acceptors (Lipinski definition) is 4. The van der Waals surface area contributed by atoms with E-state index in [-0.39, 0.29) is 24.5 Å². The van der Waals surface area contributed by atoms with Crippen molar-refractivity contribution >= 4 is 18.3 Å². The molecule has 0 unspecified atom stereocenters. The molecule has 1 aromatic carbocycles. The van der Waals surface area contributed by atoms with Gasteiger partial charge in [-0.2, -0.15) is 8.78 Å². The summed E-state index contributed by atoms with van der Waals surface area (Å²) < 4.78 is 46.4. The fourth-order valence-electron chi connectivity index (χ4n) is 1.54. The molecule has 0 spiro atoms. The van der Waals surface area contributed by atoms with Gasteiger partial charge in [-0.3, -0.25) is 4.79 Å². The van der Waals surface area contributed by atoms with Gasteiger partial charge >= 0.3 is 6.61 Å². The van der Waals surface area contributed by atoms with E-state index in [4.69, 9.17) is 4.74 Å². The Hall–Kier alpha value is -1.51. The molecule has 1 rings (SSSR count). The van der Waals surface area contributed by atoms with Crippen LogP contribution in [0.1, 0.15) is 10.4 Å². The van der Waals surface area contributed by atoms with E-state index in [0.29, 0.717) is 19.7 Å². The molecule has 1 amide bonds. The van der Waals surface area contributed by atoms with E-state index >= 15 is 0 Å². The number of benzene rings is 1. The van der Waals surface area contributed by atoms with Crippen LogP contribution in [0.15, 0.2) is 18.2 Å². The topological polar surface area (TPSA) is 59.6 Å². The first-order valence-corrected chi connectivity index (χ1v) is 6.26. The summed E-state index contributed by atoms with van der Waals surface area (Å²) in [6.45, 7) is -1.19. The average molecular weight is 343 g/mol. The summed E-state index contributed by atoms with van der Waals surface area (Å²) in [5, 5.41) is 5.52. The molecule has 0 bridgehead atoms. The first-order chi connectivity index (χ1) is 10.0. The molecule has 5 nitrogen and oxygen atoms in total. The molecule has 126 valence electrons. The van der Waals surface area contributed by atoms with Gasteiger partial charge in [0.05, 0.1) is 12.2 Å². The van der Waals surface area contributed by atoms with Crippen LogP contribution < -0.4 is 15.4 Å². The number of rotatable bonds is 9. The summed E-state index contributed by atoms with van der Waals surface area (Å²) in [5.74, 6) is -1.86. The molecule has 0 atom stereocenters. The minimum absolute atomic E-state index is 0. The summed E-state index contributed by atoms with van der Waals surface area (Å²) in [6, 6.07) is 2.85. The Morgan fingerprint density at radius 2 is 2.00 bits per heavy atom. The number of hydrogen-bond donors (Lipinski definition) is 2. The highest BCUT2D eigenvalue weighted by Gasteiger charge is 2.16. The van der Waals surface area contributed by atoms with E-state index in [1.165, 1.54) is 0 Å². The smallest absolute Gasteiger partial charge is 0.387 e. The van der Waals surface area contributed by atoms with E-state index < -0.39 is 24.1 Å². The molecule has 0 aliphatic heterocycles. The van der Waals surface area contributed by atoms with Gasteiger partial charge in [-0.05, 0) is 12.1 Å². The molecule has 0 radical (unpaired) electrons. The van der Waals surface area contributed by atoms with Crippen molar-refractivity contribution in [3.05, 3.63) is 29.6 Å². The van der Waals surface area contributed by atoms with Gasteiger partial charge in [-0.1, -0.05) is 0 Å². The molecule has 0 aliphatic rings. The SMILES string of the molecule is COCCNCCNC(=O)c1ccc(F)cc1OC(F)F.Cl. The van der Waals surface area contributed by atoms with Crippen LogP contribution in [0.4, 0.5) is 13.2 Å². The Balaban J connectivity index is 0.00000441. The number of amides is 1. The van der Waals surface area contributed by atoms with Crippen molar-refractivity contribution in [3.8, 4) is 5.75 Å². The van der Waals surface area contributed by atoms with Gasteiger partial charge in [0.15, 0.2) is 0 Å². The largest absolute Gasteiger partial charge is 0.434 e. The van der Waals surface area contributed by atoms with Crippen LogP contribution in [0.25, 0.3) is 0 Å². The van der Waals surface area contributed by atoms with Gasteiger partial charge in [0.25, 0.3) is 5.91 Å². The summed E-state index contributed by atoms with van der Waals surface area (Å²) in [4.78, 5) is 11.8. The highest BCUT2D eigenvalue weighted by molar-refractivity contribution is 5.96. The minimum Gasteiger partial charge on any atom is -0.434 e. The van der Waals surface area contributed by atoms with Crippen LogP contribution in [0.5, 0.6) is 5.75 Å². The number of halogens is 4. The Kier molecular flexibility index (Phi) is 10.3. The maximum atomic E-state index is 13.0. The second-order valence-electron chi connectivity index (χ2n) is 4.02. The third kappa shape index (κ3) is 7.48. The molecular weight excluding hydrogens is 325 g/mol. The zero-order valence-corrected chi connectivity index (χ0v) is 12.7. The molecule has 0 saturated carbocycles. The summed E-state index contributed by atoms with van der Waals surface area (Å²) >= 11 is 0. The molecule has 0 heterocycles. The lowest BCUT2D eigenvalue weighted by Gasteiger charge is -2.11. The van der Waals surface area contributed by atoms with Gasteiger partial charge in [0.2, 0.25) is 0 Å². The Morgan fingerprint density at radius 1 is 1.27 bits per heavy atom. The molecular formula is C13H18ClF3N2O3. The lowest BCUT2D eigenvalue weighted by molar-refractivity contribution is -0.0503. The first kappa shape index (κ1) is 20.5. The van der Waals surface area contributed by atoms with Crippen molar-refractivity contribution in [2.75, 3.05) is 33.4 Å². The molecule has 9 heteroatoms. The van der Waals surface area contributed by atoms with Crippen molar-refractivity contribution < 1.29 is 27.4 Å². The van der Waals surface area contributed by atoms with E-state index in [2.05, 4.69) is 15.4 Å². The van der Waals surface area contributed by atoms with E-state index in [9.17, 15) is 18.0 Å². The third-order valence-corrected chi connectivity index (χ3v) is 2.47. The van der Waals surface area contributed by atoms with Crippen LogP contribution in [0.2, 0.25) is 0 Å². The Morgan fingerprint density at radius 3 is 2.64 bits per heavy atom. The lowest BCUT2D eigenvalue weighted by Crippen LogP contribution is -2.33. The van der Waals surface area contributed by atoms with Crippen molar-refractivity contribution in [2.45, 2.75) is 6.61 Å². The first-order valence-electron chi connectivity index (χ1n) is 6.26. The molecule has 0 aromatic heterocycles. The van der Waals surface area contributed by atoms with Crippen LogP contribution >= 0.6 is 12.4 Å². The molecule has 0 aliphatic carbocycles. The van der Waals surface area contributed by atoms with Crippen LogP contribution in [0.3, 0.4) is 0 Å². The number of ether oxygens (including phenoxy) is 2. The van der Waals surface area contributed by atoms with Crippen molar-refractivity contribution in [1.29, 1.82) is 0 Å². The molecule has 1 aromatic rings. The standard InChI is InChI=1S/C13H17F3N2O3.ClH/c1-20-7-6-17-4-5-18-12(19)10-3-2-9(14)8-11(10)21-13(15)16;/h2-3,8,13,17H,4-7H2,1H3,(H,18,19);1H. The number of carbonyl (C=O) groups is 1. The zero-order chi connectivity index (χ0) is 15.7. The van der Waals surface area contributed by atoms with E-state index in [0.717, 1.165) is 18.2 Å². The predicted octanol–water partition coefficient (Wildman–Crippen LogP) is 1.81.